The molecule has 1 aliphatic carbocycles. The maximum absolute atomic E-state index is 9.13. The van der Waals surface area contributed by atoms with E-state index >= 15 is 0 Å². The van der Waals surface area contributed by atoms with E-state index in [-0.39, 0.29) is 0 Å². The largest absolute Gasteiger partial charge is 0.382 e. The van der Waals surface area contributed by atoms with Gasteiger partial charge in [-0.05, 0) is 43.0 Å². The Balaban J connectivity index is 1.91. The predicted octanol–water partition coefficient (Wildman–Crippen LogP) is 2.42. The zero-order chi connectivity index (χ0) is 15.1. The number of nitrogen functional groups attached to an aromatic ring is 1. The number of aromatic nitrogens is 3. The van der Waals surface area contributed by atoms with E-state index in [1.807, 2.05) is 18.2 Å². The summed E-state index contributed by atoms with van der Waals surface area (Å²) in [5.41, 5.74) is 11.3. The lowest BCUT2D eigenvalue weighted by Gasteiger charge is -2.10. The summed E-state index contributed by atoms with van der Waals surface area (Å²) in [4.78, 5) is 8.48. The fraction of sp³-hybridized carbons (Fsp3) is 0.235. The lowest BCUT2D eigenvalue weighted by atomic mass is 10.1. The minimum Gasteiger partial charge on any atom is -0.382 e. The molecular weight excluding hydrogens is 274 g/mol. The van der Waals surface area contributed by atoms with Crippen LogP contribution >= 0.6 is 0 Å². The van der Waals surface area contributed by atoms with E-state index in [0.29, 0.717) is 17.9 Å². The molecule has 22 heavy (non-hydrogen) atoms. The van der Waals surface area contributed by atoms with Crippen molar-refractivity contribution in [1.29, 1.82) is 5.26 Å². The number of rotatable bonds is 2. The summed E-state index contributed by atoms with van der Waals surface area (Å²) in [7, 11) is 0. The van der Waals surface area contributed by atoms with Gasteiger partial charge in [-0.1, -0.05) is 0 Å². The van der Waals surface area contributed by atoms with Crippen molar-refractivity contribution in [1.82, 2.24) is 14.5 Å². The van der Waals surface area contributed by atoms with E-state index in [1.54, 1.807) is 12.4 Å². The highest BCUT2D eigenvalue weighted by Crippen LogP contribution is 2.34. The number of hydrogen-bond donors (Lipinski definition) is 1. The third-order valence-corrected chi connectivity index (χ3v) is 4.37. The van der Waals surface area contributed by atoms with Gasteiger partial charge in [-0.3, -0.25) is 4.98 Å². The predicted molar refractivity (Wildman–Crippen MR) is 84.2 cm³/mol. The van der Waals surface area contributed by atoms with Crippen LogP contribution in [-0.2, 0) is 19.4 Å². The fourth-order valence-corrected chi connectivity index (χ4v) is 3.37. The van der Waals surface area contributed by atoms with Crippen LogP contribution in [0.15, 0.2) is 30.6 Å². The summed E-state index contributed by atoms with van der Waals surface area (Å²) in [6.45, 7) is 0.622. The molecule has 1 aromatic carbocycles. The number of hydrogen-bond acceptors (Lipinski definition) is 4. The molecule has 1 aliphatic rings. The molecule has 0 atom stereocenters. The van der Waals surface area contributed by atoms with Gasteiger partial charge < -0.3 is 10.3 Å². The topological polar surface area (TPSA) is 80.5 Å². The lowest BCUT2D eigenvalue weighted by molar-refractivity contribution is 0.748. The van der Waals surface area contributed by atoms with Crippen molar-refractivity contribution < 1.29 is 0 Å². The summed E-state index contributed by atoms with van der Waals surface area (Å²) in [6, 6.07) is 8.12. The first kappa shape index (κ1) is 12.8. The number of aryl methyl sites for hydroxylation is 1. The van der Waals surface area contributed by atoms with Crippen molar-refractivity contribution >= 4 is 16.7 Å². The fourth-order valence-electron chi connectivity index (χ4n) is 3.37. The molecule has 0 aliphatic heterocycles. The van der Waals surface area contributed by atoms with Gasteiger partial charge in [0, 0.05) is 29.0 Å². The first-order valence-electron chi connectivity index (χ1n) is 7.37. The summed E-state index contributed by atoms with van der Waals surface area (Å²) in [5.74, 6) is 0.477. The molecular formula is C17H15N5. The number of fused-ring (bicyclic) bond motifs is 3. The van der Waals surface area contributed by atoms with Crippen molar-refractivity contribution in [3.63, 3.8) is 0 Å². The van der Waals surface area contributed by atoms with Gasteiger partial charge in [0.2, 0.25) is 0 Å². The first-order valence-corrected chi connectivity index (χ1v) is 7.37. The van der Waals surface area contributed by atoms with E-state index in [1.165, 1.54) is 16.6 Å². The summed E-state index contributed by atoms with van der Waals surface area (Å²) < 4.78 is 2.28. The minimum absolute atomic E-state index is 0.477. The van der Waals surface area contributed by atoms with Gasteiger partial charge in [-0.25, -0.2) is 4.98 Å². The smallest absolute Gasteiger partial charge is 0.147 e. The van der Waals surface area contributed by atoms with Gasteiger partial charge in [-0.2, -0.15) is 5.26 Å². The monoisotopic (exact) mass is 289 g/mol. The Kier molecular flexibility index (Phi) is 2.83. The highest BCUT2D eigenvalue weighted by Gasteiger charge is 2.22. The van der Waals surface area contributed by atoms with Crippen LogP contribution in [0.4, 0.5) is 5.82 Å². The maximum Gasteiger partial charge on any atom is 0.147 e. The lowest BCUT2D eigenvalue weighted by Crippen LogP contribution is -2.08. The molecule has 5 heteroatoms. The van der Waals surface area contributed by atoms with E-state index < -0.39 is 0 Å². The average molecular weight is 289 g/mol. The van der Waals surface area contributed by atoms with Crippen LogP contribution in [0.25, 0.3) is 10.9 Å². The maximum atomic E-state index is 9.13. The first-order chi connectivity index (χ1) is 10.8. The van der Waals surface area contributed by atoms with Crippen molar-refractivity contribution in [3.05, 3.63) is 53.1 Å². The van der Waals surface area contributed by atoms with Gasteiger partial charge >= 0.3 is 0 Å². The zero-order valence-corrected chi connectivity index (χ0v) is 12.1. The van der Waals surface area contributed by atoms with Crippen molar-refractivity contribution in [2.24, 2.45) is 0 Å². The number of benzene rings is 1. The van der Waals surface area contributed by atoms with Gasteiger partial charge in [0.15, 0.2) is 0 Å². The summed E-state index contributed by atoms with van der Waals surface area (Å²) in [6.07, 6.45) is 6.57. The Hall–Kier alpha value is -2.87. The van der Waals surface area contributed by atoms with Gasteiger partial charge in [0.05, 0.1) is 18.2 Å². The Morgan fingerprint density at radius 2 is 2.09 bits per heavy atom. The average Bonchev–Trinajstić information content (AvgIpc) is 3.12. The second-order valence-corrected chi connectivity index (χ2v) is 5.60. The van der Waals surface area contributed by atoms with Crippen LogP contribution in [0, 0.1) is 11.3 Å². The second-order valence-electron chi connectivity index (χ2n) is 5.60. The third kappa shape index (κ3) is 1.85. The van der Waals surface area contributed by atoms with Crippen LogP contribution in [0.3, 0.4) is 0 Å². The molecule has 2 heterocycles. The summed E-state index contributed by atoms with van der Waals surface area (Å²) >= 11 is 0. The molecule has 3 aromatic rings. The molecule has 0 radical (unpaired) electrons. The van der Waals surface area contributed by atoms with Crippen LogP contribution in [0.2, 0.25) is 0 Å². The molecule has 0 fully saturated rings. The van der Waals surface area contributed by atoms with Gasteiger partial charge in [0.1, 0.15) is 11.5 Å². The highest BCUT2D eigenvalue weighted by molar-refractivity contribution is 5.87. The number of nitriles is 1. The van der Waals surface area contributed by atoms with Crippen molar-refractivity contribution in [2.75, 3.05) is 5.73 Å². The molecule has 2 aromatic heterocycles. The molecule has 0 saturated carbocycles. The molecule has 0 amide bonds. The molecule has 0 spiro atoms. The molecule has 0 saturated heterocycles. The highest BCUT2D eigenvalue weighted by atomic mass is 15.0. The Morgan fingerprint density at radius 3 is 2.91 bits per heavy atom. The van der Waals surface area contributed by atoms with Gasteiger partial charge in [-0.15, -0.1) is 0 Å². The minimum atomic E-state index is 0.477. The molecule has 0 bridgehead atoms. The molecule has 5 nitrogen and oxygen atoms in total. The quantitative estimate of drug-likeness (QED) is 0.785. The van der Waals surface area contributed by atoms with E-state index in [2.05, 4.69) is 20.6 Å². The summed E-state index contributed by atoms with van der Waals surface area (Å²) in [5, 5.41) is 10.3. The van der Waals surface area contributed by atoms with Crippen LogP contribution in [-0.4, -0.2) is 14.5 Å². The second kappa shape index (κ2) is 4.85. The normalized spacial score (nSPS) is 13.2. The third-order valence-electron chi connectivity index (χ3n) is 4.37. The van der Waals surface area contributed by atoms with Crippen molar-refractivity contribution in [3.8, 4) is 6.07 Å². The molecule has 0 unspecified atom stereocenters. The number of nitrogens with two attached hydrogens (primary N) is 1. The molecule has 2 N–H and O–H groups in total. The van der Waals surface area contributed by atoms with Gasteiger partial charge in [0.25, 0.3) is 0 Å². The van der Waals surface area contributed by atoms with Crippen LogP contribution < -0.4 is 5.73 Å². The van der Waals surface area contributed by atoms with E-state index in [4.69, 9.17) is 11.0 Å². The van der Waals surface area contributed by atoms with E-state index in [0.717, 1.165) is 30.5 Å². The van der Waals surface area contributed by atoms with Crippen LogP contribution in [0.5, 0.6) is 0 Å². The van der Waals surface area contributed by atoms with E-state index in [9.17, 15) is 0 Å². The Bertz CT molecular complexity index is 917. The molecule has 108 valence electrons. The molecule has 4 rings (SSSR count). The number of anilines is 1. The SMILES string of the molecule is N#Cc1ccc2c(c1)c1c(n2Cc2nccnc2N)CCC1. The number of nitrogens with zero attached hydrogens (tertiary/aromatic N) is 4. The van der Waals surface area contributed by atoms with Crippen LogP contribution in [0.1, 0.15) is 28.9 Å². The standard InChI is InChI=1S/C17H15N5/c18-9-11-4-5-16-13(8-11)12-2-1-3-15(12)22(16)10-14-17(19)21-7-6-20-14/h4-8H,1-3,10H2,(H2,19,21). The zero-order valence-electron chi connectivity index (χ0n) is 12.1. The Morgan fingerprint density at radius 1 is 1.23 bits per heavy atom. The van der Waals surface area contributed by atoms with Crippen molar-refractivity contribution in [2.45, 2.75) is 25.8 Å². The Labute approximate surface area is 128 Å².